The smallest absolute Gasteiger partial charge is 0.297 e. The fourth-order valence-electron chi connectivity index (χ4n) is 3.42. The van der Waals surface area contributed by atoms with Gasteiger partial charge in [0.25, 0.3) is 5.56 Å². The van der Waals surface area contributed by atoms with E-state index in [1.54, 1.807) is 16.7 Å². The number of carbonyl (C=O) groups excluding carboxylic acids is 1. The fraction of sp³-hybridized carbons (Fsp3) is 0.381. The van der Waals surface area contributed by atoms with E-state index >= 15 is 0 Å². The first-order valence-electron chi connectivity index (χ1n) is 9.79. The van der Waals surface area contributed by atoms with E-state index in [4.69, 9.17) is 0 Å². The maximum absolute atomic E-state index is 13.4. The number of aryl methyl sites for hydroxylation is 1. The van der Waals surface area contributed by atoms with E-state index in [1.165, 1.54) is 35.8 Å². The molecule has 1 aliphatic heterocycles. The van der Waals surface area contributed by atoms with Crippen molar-refractivity contribution in [2.45, 2.75) is 27.3 Å². The maximum atomic E-state index is 13.4. The van der Waals surface area contributed by atoms with Gasteiger partial charge in [0.05, 0.1) is 12.3 Å². The molecule has 1 aliphatic rings. The molecule has 0 amide bonds. The molecule has 31 heavy (non-hydrogen) atoms. The lowest BCUT2D eigenvalue weighted by Crippen LogP contribution is -2.39. The zero-order valence-electron chi connectivity index (χ0n) is 18.0. The van der Waals surface area contributed by atoms with Gasteiger partial charge in [-0.05, 0) is 17.7 Å². The van der Waals surface area contributed by atoms with Gasteiger partial charge in [-0.15, -0.1) is 0 Å². The molecule has 0 saturated heterocycles. The summed E-state index contributed by atoms with van der Waals surface area (Å²) in [4.78, 5) is 42.6. The Morgan fingerprint density at radius 2 is 1.74 bits per heavy atom. The van der Waals surface area contributed by atoms with Gasteiger partial charge in [0, 0.05) is 19.5 Å². The predicted octanol–water partition coefficient (Wildman–Crippen LogP) is 1.41. The second kappa shape index (κ2) is 7.00. The number of hydrogen-bond donors (Lipinski definition) is 0. The Morgan fingerprint density at radius 1 is 1.10 bits per heavy atom. The van der Waals surface area contributed by atoms with Crippen molar-refractivity contribution in [2.75, 3.05) is 11.6 Å². The molecular weight excluding hydrogens is 403 g/mol. The highest BCUT2D eigenvalue weighted by Gasteiger charge is 2.31. The van der Waals surface area contributed by atoms with E-state index in [-0.39, 0.29) is 35.9 Å². The zero-order valence-corrected chi connectivity index (χ0v) is 18.0. The summed E-state index contributed by atoms with van der Waals surface area (Å²) in [5.41, 5.74) is 0.0645. The third-order valence-corrected chi connectivity index (χ3v) is 5.42. The standard InChI is InChI=1S/C21H23FN6O3/c1-21(2,3)15(29)11-28-19-23-17-16(18(30)26(5)20(31)25(17)4)27(19)10-14(24-28)12-6-8-13(22)9-7-12/h6-9H,10-11H2,1-5H3. The second-order valence-electron chi connectivity index (χ2n) is 8.66. The van der Waals surface area contributed by atoms with Gasteiger partial charge in [0.1, 0.15) is 12.4 Å². The molecule has 9 nitrogen and oxygen atoms in total. The van der Waals surface area contributed by atoms with E-state index in [0.29, 0.717) is 17.2 Å². The van der Waals surface area contributed by atoms with Crippen LogP contribution in [0.2, 0.25) is 0 Å². The van der Waals surface area contributed by atoms with Crippen LogP contribution < -0.4 is 16.3 Å². The number of Topliss-reactive ketones (excluding diaryl/α,β-unsaturated/α-hetero) is 1. The van der Waals surface area contributed by atoms with Crippen LogP contribution in [0.5, 0.6) is 0 Å². The topological polar surface area (TPSA) is 94.5 Å². The quantitative estimate of drug-likeness (QED) is 0.631. The lowest BCUT2D eigenvalue weighted by atomic mass is 9.91. The lowest BCUT2D eigenvalue weighted by Gasteiger charge is -2.28. The number of anilines is 1. The van der Waals surface area contributed by atoms with Crippen LogP contribution in [0.15, 0.2) is 39.0 Å². The number of ketones is 1. The average Bonchev–Trinajstić information content (AvgIpc) is 3.10. The molecule has 0 saturated carbocycles. The Hall–Kier alpha value is -3.56. The Morgan fingerprint density at radius 3 is 2.35 bits per heavy atom. The predicted molar refractivity (Wildman–Crippen MR) is 115 cm³/mol. The van der Waals surface area contributed by atoms with Gasteiger partial charge in [0.15, 0.2) is 16.9 Å². The molecule has 0 bridgehead atoms. The number of aromatic nitrogens is 4. The van der Waals surface area contributed by atoms with Crippen molar-refractivity contribution in [3.05, 3.63) is 56.5 Å². The summed E-state index contributed by atoms with van der Waals surface area (Å²) >= 11 is 0. The molecule has 0 aliphatic carbocycles. The molecular formula is C21H23FN6O3. The van der Waals surface area contributed by atoms with Gasteiger partial charge >= 0.3 is 5.69 Å². The Labute approximate surface area is 177 Å². The molecule has 3 aromatic rings. The molecule has 0 fully saturated rings. The summed E-state index contributed by atoms with van der Waals surface area (Å²) < 4.78 is 17.4. The van der Waals surface area contributed by atoms with E-state index in [1.807, 2.05) is 20.8 Å². The molecule has 3 heterocycles. The van der Waals surface area contributed by atoms with Gasteiger partial charge in [-0.3, -0.25) is 23.3 Å². The van der Waals surface area contributed by atoms with E-state index in [0.717, 1.165) is 4.57 Å². The van der Waals surface area contributed by atoms with Crippen molar-refractivity contribution < 1.29 is 9.18 Å². The molecule has 162 valence electrons. The third kappa shape index (κ3) is 3.37. The number of benzene rings is 1. The van der Waals surface area contributed by atoms with Gasteiger partial charge in [-0.1, -0.05) is 32.9 Å². The Kier molecular flexibility index (Phi) is 4.68. The Bertz CT molecular complexity index is 1360. The largest absolute Gasteiger partial charge is 0.332 e. The minimum Gasteiger partial charge on any atom is -0.297 e. The van der Waals surface area contributed by atoms with Crippen LogP contribution >= 0.6 is 0 Å². The van der Waals surface area contributed by atoms with Crippen LogP contribution in [0, 0.1) is 11.2 Å². The van der Waals surface area contributed by atoms with Crippen LogP contribution in [0.4, 0.5) is 10.3 Å². The third-order valence-electron chi connectivity index (χ3n) is 5.42. The van der Waals surface area contributed by atoms with Crippen LogP contribution in [0.25, 0.3) is 11.2 Å². The minimum atomic E-state index is -0.608. The van der Waals surface area contributed by atoms with Crippen molar-refractivity contribution in [1.29, 1.82) is 0 Å². The lowest BCUT2D eigenvalue weighted by molar-refractivity contribution is -0.124. The van der Waals surface area contributed by atoms with Crippen LogP contribution in [0.3, 0.4) is 0 Å². The van der Waals surface area contributed by atoms with Gasteiger partial charge in [0.2, 0.25) is 5.95 Å². The number of halogens is 1. The summed E-state index contributed by atoms with van der Waals surface area (Å²) in [6, 6.07) is 5.84. The number of hydrogen-bond acceptors (Lipinski definition) is 6. The average molecular weight is 426 g/mol. The molecule has 0 spiro atoms. The number of hydrazone groups is 1. The van der Waals surface area contributed by atoms with Crippen molar-refractivity contribution in [1.82, 2.24) is 18.7 Å². The van der Waals surface area contributed by atoms with Crippen LogP contribution in [-0.4, -0.2) is 36.7 Å². The highest BCUT2D eigenvalue weighted by Crippen LogP contribution is 2.27. The van der Waals surface area contributed by atoms with Crippen molar-refractivity contribution >= 4 is 28.6 Å². The minimum absolute atomic E-state index is 0.0637. The number of imidazole rings is 1. The van der Waals surface area contributed by atoms with Gasteiger partial charge in [-0.25, -0.2) is 14.2 Å². The molecule has 0 unspecified atom stereocenters. The van der Waals surface area contributed by atoms with Crippen LogP contribution in [0.1, 0.15) is 26.3 Å². The molecule has 0 radical (unpaired) electrons. The molecule has 1 aromatic carbocycles. The first-order valence-corrected chi connectivity index (χ1v) is 9.79. The SMILES string of the molecule is Cn1c(=O)c2c(nc3n2CC(c2ccc(F)cc2)=NN3CC(=O)C(C)(C)C)n(C)c1=O. The van der Waals surface area contributed by atoms with Gasteiger partial charge in [-0.2, -0.15) is 10.1 Å². The van der Waals surface area contributed by atoms with E-state index < -0.39 is 16.7 Å². The first-order chi connectivity index (χ1) is 14.5. The summed E-state index contributed by atoms with van der Waals surface area (Å²) in [6.45, 7) is 5.56. The summed E-state index contributed by atoms with van der Waals surface area (Å²) in [7, 11) is 2.94. The zero-order chi connectivity index (χ0) is 22.7. The summed E-state index contributed by atoms with van der Waals surface area (Å²) in [5.74, 6) is -0.147. The number of carbonyl (C=O) groups is 1. The highest BCUT2D eigenvalue weighted by molar-refractivity contribution is 6.03. The number of rotatable bonds is 3. The molecule has 0 N–H and O–H groups in total. The van der Waals surface area contributed by atoms with Gasteiger partial charge < -0.3 is 0 Å². The Balaban J connectivity index is 1.95. The summed E-state index contributed by atoms with van der Waals surface area (Å²) in [6.07, 6.45) is 0. The first kappa shape index (κ1) is 20.7. The number of fused-ring (bicyclic) bond motifs is 3. The molecule has 10 heteroatoms. The van der Waals surface area contributed by atoms with E-state index in [2.05, 4.69) is 10.1 Å². The molecule has 4 rings (SSSR count). The van der Waals surface area contributed by atoms with Crippen molar-refractivity contribution in [3.63, 3.8) is 0 Å². The monoisotopic (exact) mass is 426 g/mol. The number of nitrogens with zero attached hydrogens (tertiary/aromatic N) is 6. The summed E-state index contributed by atoms with van der Waals surface area (Å²) in [5, 5.41) is 6.05. The normalized spacial score (nSPS) is 14.0. The van der Waals surface area contributed by atoms with E-state index in [9.17, 15) is 18.8 Å². The fourth-order valence-corrected chi connectivity index (χ4v) is 3.42. The van der Waals surface area contributed by atoms with Crippen molar-refractivity contribution in [3.8, 4) is 0 Å². The van der Waals surface area contributed by atoms with Crippen LogP contribution in [-0.2, 0) is 25.4 Å². The molecule has 0 atom stereocenters. The van der Waals surface area contributed by atoms with Crippen molar-refractivity contribution in [2.24, 2.45) is 24.6 Å². The maximum Gasteiger partial charge on any atom is 0.332 e. The highest BCUT2D eigenvalue weighted by atomic mass is 19.1. The molecule has 2 aromatic heterocycles. The second-order valence-corrected chi connectivity index (χ2v) is 8.66.